The average Bonchev–Trinajstić information content (AvgIpc) is 1.91. The van der Waals surface area contributed by atoms with Crippen LogP contribution >= 0.6 is 23.4 Å². The summed E-state index contributed by atoms with van der Waals surface area (Å²) in [4.78, 5) is 5.06. The number of hydrogen-bond donors (Lipinski definition) is 0. The van der Waals surface area contributed by atoms with Crippen molar-refractivity contribution in [3.63, 3.8) is 0 Å². The van der Waals surface area contributed by atoms with Crippen molar-refractivity contribution in [2.24, 2.45) is 0 Å². The molecule has 0 radical (unpaired) electrons. The standard InChI is InChI=1S/C9H12ClNS/c1-9(2,3)12-7-5-4-6-11-8(7)10/h4-6H,1-3H3. The van der Waals surface area contributed by atoms with Gasteiger partial charge in [0.2, 0.25) is 0 Å². The SMILES string of the molecule is CC(C)(C)Sc1cccnc1Cl. The zero-order chi connectivity index (χ0) is 9.19. The second kappa shape index (κ2) is 3.67. The maximum Gasteiger partial charge on any atom is 0.142 e. The molecule has 66 valence electrons. The molecule has 1 nitrogen and oxygen atoms in total. The fourth-order valence-electron chi connectivity index (χ4n) is 0.777. The molecule has 12 heavy (non-hydrogen) atoms. The molecule has 0 unspecified atom stereocenters. The molecule has 0 amide bonds. The fraction of sp³-hybridized carbons (Fsp3) is 0.444. The van der Waals surface area contributed by atoms with Crippen molar-refractivity contribution in [2.45, 2.75) is 30.4 Å². The highest BCUT2D eigenvalue weighted by Gasteiger charge is 2.13. The molecule has 0 aliphatic carbocycles. The maximum absolute atomic E-state index is 5.90. The molecule has 0 fully saturated rings. The van der Waals surface area contributed by atoms with Gasteiger partial charge in [0.1, 0.15) is 5.15 Å². The number of rotatable bonds is 1. The summed E-state index contributed by atoms with van der Waals surface area (Å²) in [6.45, 7) is 6.46. The van der Waals surface area contributed by atoms with Crippen molar-refractivity contribution >= 4 is 23.4 Å². The lowest BCUT2D eigenvalue weighted by Crippen LogP contribution is -2.06. The zero-order valence-corrected chi connectivity index (χ0v) is 9.04. The number of nitrogens with zero attached hydrogens (tertiary/aromatic N) is 1. The van der Waals surface area contributed by atoms with Crippen LogP contribution in [0.25, 0.3) is 0 Å². The summed E-state index contributed by atoms with van der Waals surface area (Å²) in [5.74, 6) is 0. The van der Waals surface area contributed by atoms with Crippen molar-refractivity contribution < 1.29 is 0 Å². The van der Waals surface area contributed by atoms with Crippen LogP contribution in [0.1, 0.15) is 20.8 Å². The fourth-order valence-corrected chi connectivity index (χ4v) is 1.96. The minimum atomic E-state index is 0.187. The molecule has 0 bridgehead atoms. The molecule has 0 aliphatic rings. The van der Waals surface area contributed by atoms with Crippen molar-refractivity contribution in [2.75, 3.05) is 0 Å². The largest absolute Gasteiger partial charge is 0.243 e. The molecular formula is C9H12ClNS. The van der Waals surface area contributed by atoms with Gasteiger partial charge in [-0.05, 0) is 12.1 Å². The predicted octanol–water partition coefficient (Wildman–Crippen LogP) is 3.63. The van der Waals surface area contributed by atoms with E-state index < -0.39 is 0 Å². The zero-order valence-electron chi connectivity index (χ0n) is 7.47. The minimum absolute atomic E-state index is 0.187. The summed E-state index contributed by atoms with van der Waals surface area (Å²) in [7, 11) is 0. The first-order valence-corrected chi connectivity index (χ1v) is 4.98. The van der Waals surface area contributed by atoms with Crippen molar-refractivity contribution in [3.05, 3.63) is 23.5 Å². The van der Waals surface area contributed by atoms with Crippen molar-refractivity contribution in [1.29, 1.82) is 0 Å². The Morgan fingerprint density at radius 1 is 1.42 bits per heavy atom. The Morgan fingerprint density at radius 2 is 2.08 bits per heavy atom. The summed E-state index contributed by atoms with van der Waals surface area (Å²) in [6, 6.07) is 3.89. The lowest BCUT2D eigenvalue weighted by atomic mass is 10.3. The Morgan fingerprint density at radius 3 is 2.58 bits per heavy atom. The van der Waals surface area contributed by atoms with E-state index in [0.29, 0.717) is 5.15 Å². The van der Waals surface area contributed by atoms with Gasteiger partial charge in [0.05, 0.1) is 0 Å². The Labute approximate surface area is 82.5 Å². The van der Waals surface area contributed by atoms with Crippen LogP contribution < -0.4 is 0 Å². The van der Waals surface area contributed by atoms with Gasteiger partial charge in [-0.3, -0.25) is 0 Å². The third-order valence-corrected chi connectivity index (χ3v) is 2.72. The van der Waals surface area contributed by atoms with Crippen LogP contribution in [0.2, 0.25) is 5.15 Å². The van der Waals surface area contributed by atoms with Gasteiger partial charge < -0.3 is 0 Å². The Bertz CT molecular complexity index is 267. The van der Waals surface area contributed by atoms with E-state index in [-0.39, 0.29) is 4.75 Å². The Kier molecular flexibility index (Phi) is 3.02. The number of pyridine rings is 1. The monoisotopic (exact) mass is 201 g/mol. The van der Waals surface area contributed by atoms with E-state index in [0.717, 1.165) is 4.90 Å². The van der Waals surface area contributed by atoms with Gasteiger partial charge in [-0.2, -0.15) is 0 Å². The van der Waals surface area contributed by atoms with E-state index in [9.17, 15) is 0 Å². The molecule has 1 aromatic rings. The molecule has 0 saturated heterocycles. The molecule has 0 atom stereocenters. The third-order valence-electron chi connectivity index (χ3n) is 1.14. The lowest BCUT2D eigenvalue weighted by Gasteiger charge is -2.17. The van der Waals surface area contributed by atoms with E-state index in [2.05, 4.69) is 25.8 Å². The molecule has 1 aromatic heterocycles. The molecule has 0 saturated carbocycles. The van der Waals surface area contributed by atoms with Crippen molar-refractivity contribution in [3.8, 4) is 0 Å². The highest BCUT2D eigenvalue weighted by Crippen LogP contribution is 2.34. The second-order valence-corrected chi connectivity index (χ2v) is 5.73. The number of halogens is 1. The van der Waals surface area contributed by atoms with E-state index in [1.165, 1.54) is 0 Å². The van der Waals surface area contributed by atoms with Crippen LogP contribution in [0, 0.1) is 0 Å². The number of thioether (sulfide) groups is 1. The average molecular weight is 202 g/mol. The molecule has 1 heterocycles. The Balaban J connectivity index is 2.83. The summed E-state index contributed by atoms with van der Waals surface area (Å²) in [6.07, 6.45) is 1.70. The maximum atomic E-state index is 5.90. The summed E-state index contributed by atoms with van der Waals surface area (Å²) in [5, 5.41) is 0.595. The molecule has 3 heteroatoms. The summed E-state index contributed by atoms with van der Waals surface area (Å²) >= 11 is 7.63. The van der Waals surface area contributed by atoms with E-state index in [1.54, 1.807) is 18.0 Å². The second-order valence-electron chi connectivity index (χ2n) is 3.51. The molecule has 0 N–H and O–H groups in total. The van der Waals surface area contributed by atoms with Crippen LogP contribution in [0.15, 0.2) is 23.2 Å². The first-order valence-electron chi connectivity index (χ1n) is 3.78. The van der Waals surface area contributed by atoms with E-state index in [1.807, 2.05) is 12.1 Å². The van der Waals surface area contributed by atoms with Crippen LogP contribution in [-0.2, 0) is 0 Å². The smallest absolute Gasteiger partial charge is 0.142 e. The van der Waals surface area contributed by atoms with Gasteiger partial charge >= 0.3 is 0 Å². The topological polar surface area (TPSA) is 12.9 Å². The van der Waals surface area contributed by atoms with E-state index in [4.69, 9.17) is 11.6 Å². The van der Waals surface area contributed by atoms with Crippen LogP contribution in [-0.4, -0.2) is 9.73 Å². The quantitative estimate of drug-likeness (QED) is 0.509. The first-order chi connectivity index (χ1) is 5.49. The minimum Gasteiger partial charge on any atom is -0.243 e. The van der Waals surface area contributed by atoms with Crippen molar-refractivity contribution in [1.82, 2.24) is 4.98 Å². The number of hydrogen-bond acceptors (Lipinski definition) is 2. The lowest BCUT2D eigenvalue weighted by molar-refractivity contribution is 0.802. The normalized spacial score (nSPS) is 11.7. The molecule has 0 spiro atoms. The van der Waals surface area contributed by atoms with Gasteiger partial charge in [0, 0.05) is 15.8 Å². The van der Waals surface area contributed by atoms with Gasteiger partial charge in [0.25, 0.3) is 0 Å². The van der Waals surface area contributed by atoms with E-state index >= 15 is 0 Å². The summed E-state index contributed by atoms with van der Waals surface area (Å²) in [5.41, 5.74) is 0. The third kappa shape index (κ3) is 3.03. The highest BCUT2D eigenvalue weighted by atomic mass is 35.5. The molecule has 0 aromatic carbocycles. The molecule has 0 aliphatic heterocycles. The van der Waals surface area contributed by atoms with Gasteiger partial charge in [-0.25, -0.2) is 4.98 Å². The van der Waals surface area contributed by atoms with Crippen LogP contribution in [0.4, 0.5) is 0 Å². The Hall–Kier alpha value is -0.210. The highest BCUT2D eigenvalue weighted by molar-refractivity contribution is 8.00. The van der Waals surface area contributed by atoms with Crippen LogP contribution in [0.3, 0.4) is 0 Å². The molecule has 1 rings (SSSR count). The van der Waals surface area contributed by atoms with Gasteiger partial charge in [0.15, 0.2) is 0 Å². The van der Waals surface area contributed by atoms with Gasteiger partial charge in [-0.1, -0.05) is 32.4 Å². The first kappa shape index (κ1) is 9.87. The number of aromatic nitrogens is 1. The molecular weight excluding hydrogens is 190 g/mol. The van der Waals surface area contributed by atoms with Crippen LogP contribution in [0.5, 0.6) is 0 Å². The predicted molar refractivity (Wildman–Crippen MR) is 54.9 cm³/mol. The van der Waals surface area contributed by atoms with Gasteiger partial charge in [-0.15, -0.1) is 11.8 Å². The summed E-state index contributed by atoms with van der Waals surface area (Å²) < 4.78 is 0.187.